The molecule has 0 radical (unpaired) electrons. The van der Waals surface area contributed by atoms with Crippen LogP contribution in [0.25, 0.3) is 0 Å². The number of rotatable bonds is 4. The number of anilines is 1. The minimum atomic E-state index is -0.619. The van der Waals surface area contributed by atoms with Crippen molar-refractivity contribution in [2.45, 2.75) is 6.42 Å². The number of hydrogen-bond acceptors (Lipinski definition) is 4. The summed E-state index contributed by atoms with van der Waals surface area (Å²) in [6.07, 6.45) is 3.95. The first kappa shape index (κ1) is 15.7. The molecule has 1 aromatic carbocycles. The molecule has 1 amide bonds. The number of carbonyl (C=O) groups is 1. The highest BCUT2D eigenvalue weighted by Gasteiger charge is 2.10. The van der Waals surface area contributed by atoms with Gasteiger partial charge in [0.15, 0.2) is 5.82 Å². The quantitative estimate of drug-likeness (QED) is 0.800. The molecule has 0 saturated carbocycles. The number of carbonyl (C=O) groups excluding carboxylic acids is 1. The highest BCUT2D eigenvalue weighted by Crippen LogP contribution is 2.12. The van der Waals surface area contributed by atoms with Gasteiger partial charge in [0.25, 0.3) is 5.91 Å². The first-order chi connectivity index (χ1) is 11.6. The number of hydrogen-bond donors (Lipinski definition) is 1. The van der Waals surface area contributed by atoms with Crippen molar-refractivity contribution in [3.63, 3.8) is 0 Å². The molecule has 0 saturated heterocycles. The molecule has 3 rings (SSSR count). The van der Waals surface area contributed by atoms with E-state index in [4.69, 9.17) is 0 Å². The first-order valence-electron chi connectivity index (χ1n) is 7.08. The van der Waals surface area contributed by atoms with E-state index in [1.54, 1.807) is 24.4 Å². The Morgan fingerprint density at radius 1 is 0.917 bits per heavy atom. The second-order valence-electron chi connectivity index (χ2n) is 5.04. The summed E-state index contributed by atoms with van der Waals surface area (Å²) in [7, 11) is 0. The molecule has 2 heterocycles. The zero-order chi connectivity index (χ0) is 16.9. The van der Waals surface area contributed by atoms with E-state index in [2.05, 4.69) is 20.3 Å². The SMILES string of the molecule is O=C(Nc1ccc(Cc2cccc(F)c2)cn1)c1ncc(F)cn1. The molecule has 0 aliphatic carbocycles. The zero-order valence-electron chi connectivity index (χ0n) is 12.4. The van der Waals surface area contributed by atoms with Gasteiger partial charge in [0, 0.05) is 6.20 Å². The lowest BCUT2D eigenvalue weighted by Crippen LogP contribution is -2.16. The molecule has 7 heteroatoms. The number of amides is 1. The Bertz CT molecular complexity index is 851. The first-order valence-corrected chi connectivity index (χ1v) is 7.08. The predicted octanol–water partition coefficient (Wildman–Crippen LogP) is 2.99. The normalized spacial score (nSPS) is 10.4. The number of nitrogens with zero attached hydrogens (tertiary/aromatic N) is 3. The molecule has 24 heavy (non-hydrogen) atoms. The van der Waals surface area contributed by atoms with Gasteiger partial charge in [-0.1, -0.05) is 18.2 Å². The lowest BCUT2D eigenvalue weighted by molar-refractivity contribution is 0.101. The Kier molecular flexibility index (Phi) is 4.51. The fraction of sp³-hybridized carbons (Fsp3) is 0.0588. The van der Waals surface area contributed by atoms with Gasteiger partial charge in [-0.2, -0.15) is 0 Å². The van der Waals surface area contributed by atoms with E-state index in [-0.39, 0.29) is 11.6 Å². The van der Waals surface area contributed by atoms with Gasteiger partial charge in [-0.25, -0.2) is 23.7 Å². The highest BCUT2D eigenvalue weighted by atomic mass is 19.1. The third-order valence-electron chi connectivity index (χ3n) is 3.19. The van der Waals surface area contributed by atoms with Crippen LogP contribution in [0, 0.1) is 11.6 Å². The summed E-state index contributed by atoms with van der Waals surface area (Å²) in [5.74, 6) is -1.33. The molecule has 2 aromatic heterocycles. The molecule has 0 unspecified atom stereocenters. The smallest absolute Gasteiger partial charge is 0.294 e. The van der Waals surface area contributed by atoms with Gasteiger partial charge in [-0.05, 0) is 35.7 Å². The summed E-state index contributed by atoms with van der Waals surface area (Å²) in [6.45, 7) is 0. The van der Waals surface area contributed by atoms with E-state index in [1.807, 2.05) is 6.07 Å². The molecule has 0 fully saturated rings. The highest BCUT2D eigenvalue weighted by molar-refractivity contribution is 6.00. The van der Waals surface area contributed by atoms with Gasteiger partial charge in [0.05, 0.1) is 12.4 Å². The monoisotopic (exact) mass is 326 g/mol. The minimum Gasteiger partial charge on any atom is -0.304 e. The Balaban J connectivity index is 1.66. The predicted molar refractivity (Wildman–Crippen MR) is 83.4 cm³/mol. The molecule has 0 atom stereocenters. The van der Waals surface area contributed by atoms with E-state index < -0.39 is 11.7 Å². The number of aromatic nitrogens is 3. The summed E-state index contributed by atoms with van der Waals surface area (Å²) in [4.78, 5) is 23.2. The fourth-order valence-corrected chi connectivity index (χ4v) is 2.09. The van der Waals surface area contributed by atoms with Gasteiger partial charge in [-0.15, -0.1) is 0 Å². The number of benzene rings is 1. The molecule has 0 spiro atoms. The van der Waals surface area contributed by atoms with Crippen LogP contribution < -0.4 is 5.32 Å². The lowest BCUT2D eigenvalue weighted by Gasteiger charge is -2.05. The van der Waals surface area contributed by atoms with Crippen molar-refractivity contribution in [3.05, 3.63) is 83.6 Å². The van der Waals surface area contributed by atoms with Crippen LogP contribution in [0.5, 0.6) is 0 Å². The summed E-state index contributed by atoms with van der Waals surface area (Å²) in [5.41, 5.74) is 1.70. The van der Waals surface area contributed by atoms with Crippen LogP contribution in [0.3, 0.4) is 0 Å². The molecular weight excluding hydrogens is 314 g/mol. The maximum atomic E-state index is 13.2. The third kappa shape index (κ3) is 3.95. The van der Waals surface area contributed by atoms with Crippen LogP contribution in [-0.4, -0.2) is 20.9 Å². The Morgan fingerprint density at radius 2 is 1.71 bits per heavy atom. The maximum absolute atomic E-state index is 13.2. The summed E-state index contributed by atoms with van der Waals surface area (Å²) in [6, 6.07) is 9.72. The van der Waals surface area contributed by atoms with Crippen LogP contribution >= 0.6 is 0 Å². The Labute approximate surface area is 136 Å². The molecule has 1 N–H and O–H groups in total. The van der Waals surface area contributed by atoms with Crippen molar-refractivity contribution in [1.29, 1.82) is 0 Å². The molecule has 5 nitrogen and oxygen atoms in total. The largest absolute Gasteiger partial charge is 0.304 e. The van der Waals surface area contributed by atoms with Crippen LogP contribution in [-0.2, 0) is 6.42 Å². The second-order valence-corrected chi connectivity index (χ2v) is 5.04. The average molecular weight is 326 g/mol. The van der Waals surface area contributed by atoms with Gasteiger partial charge < -0.3 is 5.32 Å². The molecule has 0 aliphatic rings. The van der Waals surface area contributed by atoms with Crippen molar-refractivity contribution in [2.24, 2.45) is 0 Å². The van der Waals surface area contributed by atoms with Gasteiger partial charge in [0.2, 0.25) is 5.82 Å². The zero-order valence-corrected chi connectivity index (χ0v) is 12.4. The van der Waals surface area contributed by atoms with E-state index >= 15 is 0 Å². The fourth-order valence-electron chi connectivity index (χ4n) is 2.09. The third-order valence-corrected chi connectivity index (χ3v) is 3.19. The summed E-state index contributed by atoms with van der Waals surface area (Å²) in [5, 5.41) is 2.52. The lowest BCUT2D eigenvalue weighted by atomic mass is 10.1. The molecule has 0 aliphatic heterocycles. The van der Waals surface area contributed by atoms with Gasteiger partial charge >= 0.3 is 0 Å². The molecule has 3 aromatic rings. The van der Waals surface area contributed by atoms with E-state index in [1.165, 1.54) is 12.1 Å². The second kappa shape index (κ2) is 6.91. The van der Waals surface area contributed by atoms with Gasteiger partial charge in [-0.3, -0.25) is 4.79 Å². The standard InChI is InChI=1S/C17H12F2N4O/c18-13-3-1-2-11(7-13)6-12-4-5-15(20-8-12)23-17(24)16-21-9-14(19)10-22-16/h1-5,7-10H,6H2,(H,20,23,24). The molecule has 0 bridgehead atoms. The summed E-state index contributed by atoms with van der Waals surface area (Å²) < 4.78 is 25.9. The van der Waals surface area contributed by atoms with Crippen molar-refractivity contribution >= 4 is 11.7 Å². The van der Waals surface area contributed by atoms with Crippen molar-refractivity contribution in [1.82, 2.24) is 15.0 Å². The number of pyridine rings is 1. The van der Waals surface area contributed by atoms with E-state index in [9.17, 15) is 13.6 Å². The van der Waals surface area contributed by atoms with E-state index in [0.717, 1.165) is 23.5 Å². The average Bonchev–Trinajstić information content (AvgIpc) is 2.57. The van der Waals surface area contributed by atoms with E-state index in [0.29, 0.717) is 12.2 Å². The Morgan fingerprint density at radius 3 is 2.38 bits per heavy atom. The number of halogens is 2. The summed E-state index contributed by atoms with van der Waals surface area (Å²) >= 11 is 0. The van der Waals surface area contributed by atoms with Crippen LogP contribution in [0.2, 0.25) is 0 Å². The molecule has 120 valence electrons. The Hall–Kier alpha value is -3.22. The topological polar surface area (TPSA) is 67.8 Å². The van der Waals surface area contributed by atoms with Crippen LogP contribution in [0.4, 0.5) is 14.6 Å². The minimum absolute atomic E-state index is 0.151. The maximum Gasteiger partial charge on any atom is 0.294 e. The van der Waals surface area contributed by atoms with Crippen molar-refractivity contribution in [2.75, 3.05) is 5.32 Å². The molecular formula is C17H12F2N4O. The van der Waals surface area contributed by atoms with Crippen LogP contribution in [0.15, 0.2) is 55.0 Å². The van der Waals surface area contributed by atoms with Crippen LogP contribution in [0.1, 0.15) is 21.7 Å². The number of nitrogens with one attached hydrogen (secondary N) is 1. The van der Waals surface area contributed by atoms with Gasteiger partial charge in [0.1, 0.15) is 11.6 Å². The van der Waals surface area contributed by atoms with Crippen molar-refractivity contribution in [3.8, 4) is 0 Å². The van der Waals surface area contributed by atoms with Crippen molar-refractivity contribution < 1.29 is 13.6 Å².